The molecule has 3 aromatic rings. The van der Waals surface area contributed by atoms with E-state index in [2.05, 4.69) is 27.1 Å². The molecule has 172 valence electrons. The van der Waals surface area contributed by atoms with Gasteiger partial charge in [0.05, 0.1) is 29.1 Å². The molecule has 3 heterocycles. The van der Waals surface area contributed by atoms with E-state index in [-0.39, 0.29) is 5.91 Å². The summed E-state index contributed by atoms with van der Waals surface area (Å²) in [6.45, 7) is 4.09. The lowest BCUT2D eigenvalue weighted by Gasteiger charge is -2.15. The number of hydrogen-bond acceptors (Lipinski definition) is 5. The second kappa shape index (κ2) is 9.93. The van der Waals surface area contributed by atoms with E-state index in [4.69, 9.17) is 0 Å². The van der Waals surface area contributed by atoms with Gasteiger partial charge < -0.3 is 5.32 Å². The molecular weight excluding hydrogens is 449 g/mol. The van der Waals surface area contributed by atoms with Crippen LogP contribution in [0.5, 0.6) is 0 Å². The fourth-order valence-electron chi connectivity index (χ4n) is 3.66. The number of amides is 1. The van der Waals surface area contributed by atoms with E-state index in [9.17, 15) is 18.0 Å². The van der Waals surface area contributed by atoms with Gasteiger partial charge in [0.25, 0.3) is 5.91 Å². The number of alkyl halides is 3. The predicted octanol–water partition coefficient (Wildman–Crippen LogP) is 5.05. The number of nitrogens with zero attached hydrogens (tertiary/aromatic N) is 3. The minimum absolute atomic E-state index is 0.222. The molecular formula is C24H23F3N4OS. The maximum atomic E-state index is 12.7. The van der Waals surface area contributed by atoms with Crippen LogP contribution in [0.1, 0.15) is 45.4 Å². The summed E-state index contributed by atoms with van der Waals surface area (Å²) >= 11 is 1.71. The largest absolute Gasteiger partial charge is 0.416 e. The highest BCUT2D eigenvalue weighted by molar-refractivity contribution is 7.99. The highest BCUT2D eigenvalue weighted by Gasteiger charge is 2.30. The molecule has 0 aliphatic carbocycles. The Morgan fingerprint density at radius 3 is 2.55 bits per heavy atom. The van der Waals surface area contributed by atoms with E-state index in [0.717, 1.165) is 45.3 Å². The summed E-state index contributed by atoms with van der Waals surface area (Å²) < 4.78 is 38.2. The first-order valence-electron chi connectivity index (χ1n) is 10.5. The molecule has 0 atom stereocenters. The lowest BCUT2D eigenvalue weighted by molar-refractivity contribution is -0.137. The Balaban J connectivity index is 1.33. The van der Waals surface area contributed by atoms with Gasteiger partial charge in [-0.05, 0) is 47.2 Å². The van der Waals surface area contributed by atoms with Crippen molar-refractivity contribution in [3.05, 3.63) is 88.5 Å². The number of halogens is 3. The third kappa shape index (κ3) is 5.91. The number of rotatable bonds is 7. The topological polar surface area (TPSA) is 58.1 Å². The van der Waals surface area contributed by atoms with Crippen molar-refractivity contribution in [2.24, 2.45) is 0 Å². The molecule has 1 aromatic carbocycles. The van der Waals surface area contributed by atoms with Crippen LogP contribution >= 0.6 is 11.8 Å². The van der Waals surface area contributed by atoms with Crippen molar-refractivity contribution < 1.29 is 18.0 Å². The average molecular weight is 473 g/mol. The van der Waals surface area contributed by atoms with Gasteiger partial charge in [-0.3, -0.25) is 19.7 Å². The second-order valence-electron chi connectivity index (χ2n) is 7.77. The smallest absolute Gasteiger partial charge is 0.346 e. The summed E-state index contributed by atoms with van der Waals surface area (Å²) in [5, 5.41) is 2.87. The quantitative estimate of drug-likeness (QED) is 0.488. The van der Waals surface area contributed by atoms with Gasteiger partial charge in [-0.1, -0.05) is 19.1 Å². The predicted molar refractivity (Wildman–Crippen MR) is 120 cm³/mol. The van der Waals surface area contributed by atoms with Crippen LogP contribution in [0.4, 0.5) is 13.2 Å². The number of aromatic nitrogens is 2. The Morgan fingerprint density at radius 2 is 1.88 bits per heavy atom. The number of nitrogens with one attached hydrogen (secondary N) is 1. The molecule has 1 amide bonds. The number of pyridine rings is 2. The van der Waals surface area contributed by atoms with E-state index in [1.165, 1.54) is 12.1 Å². The zero-order valence-electron chi connectivity index (χ0n) is 18.0. The minimum atomic E-state index is -4.34. The fraction of sp³-hybridized carbons (Fsp3) is 0.292. The van der Waals surface area contributed by atoms with Gasteiger partial charge in [-0.25, -0.2) is 0 Å². The molecule has 0 fully saturated rings. The minimum Gasteiger partial charge on any atom is -0.346 e. The van der Waals surface area contributed by atoms with Gasteiger partial charge in [0.2, 0.25) is 0 Å². The Morgan fingerprint density at radius 1 is 1.09 bits per heavy atom. The lowest BCUT2D eigenvalue weighted by atomic mass is 10.1. The SMILES string of the molecule is CCSc1ccc(CNC(=O)c2cnc3c(c2)CN(Cc2ccc(C(F)(F)F)cc2)C3)nc1. The van der Waals surface area contributed by atoms with Crippen molar-refractivity contribution in [2.45, 2.75) is 44.2 Å². The number of fused-ring (bicyclic) bond motifs is 1. The molecule has 5 nitrogen and oxygen atoms in total. The highest BCUT2D eigenvalue weighted by atomic mass is 32.2. The Kier molecular flexibility index (Phi) is 6.99. The standard InChI is InChI=1S/C24H23F3N4OS/c1-2-33-21-8-7-20(28-12-21)11-30-23(32)17-9-18-14-31(15-22(18)29-10-17)13-16-3-5-19(6-4-16)24(25,26)27/h3-10,12H,2,11,13-15H2,1H3,(H,30,32). The zero-order chi connectivity index (χ0) is 23.4. The Hall–Kier alpha value is -2.91. The number of benzene rings is 1. The molecule has 0 bridgehead atoms. The number of thioether (sulfide) groups is 1. The van der Waals surface area contributed by atoms with Crippen LogP contribution in [0.15, 0.2) is 59.8 Å². The zero-order valence-corrected chi connectivity index (χ0v) is 18.8. The van der Waals surface area contributed by atoms with Gasteiger partial charge in [-0.2, -0.15) is 13.2 Å². The summed E-state index contributed by atoms with van der Waals surface area (Å²) in [7, 11) is 0. The lowest BCUT2D eigenvalue weighted by Crippen LogP contribution is -2.23. The van der Waals surface area contributed by atoms with Crippen LogP contribution in [0.3, 0.4) is 0 Å². The van der Waals surface area contributed by atoms with E-state index in [1.807, 2.05) is 18.2 Å². The van der Waals surface area contributed by atoms with Gasteiger partial charge in [0.1, 0.15) is 0 Å². The molecule has 2 aromatic heterocycles. The average Bonchev–Trinajstić information content (AvgIpc) is 3.20. The Labute approximate surface area is 194 Å². The maximum absolute atomic E-state index is 12.7. The summed E-state index contributed by atoms with van der Waals surface area (Å²) in [6.07, 6.45) is -0.973. The molecule has 0 radical (unpaired) electrons. The maximum Gasteiger partial charge on any atom is 0.416 e. The molecule has 0 saturated carbocycles. The van der Waals surface area contributed by atoms with Crippen molar-refractivity contribution in [1.82, 2.24) is 20.2 Å². The fourth-order valence-corrected chi connectivity index (χ4v) is 4.29. The molecule has 1 aliphatic rings. The van der Waals surface area contributed by atoms with Crippen LogP contribution < -0.4 is 5.32 Å². The van der Waals surface area contributed by atoms with Crippen LogP contribution in [-0.4, -0.2) is 26.5 Å². The molecule has 0 spiro atoms. The highest BCUT2D eigenvalue weighted by Crippen LogP contribution is 2.30. The van der Waals surface area contributed by atoms with Crippen LogP contribution in [0.2, 0.25) is 0 Å². The third-order valence-corrected chi connectivity index (χ3v) is 6.18. The number of carbonyl (C=O) groups is 1. The first-order chi connectivity index (χ1) is 15.8. The van der Waals surface area contributed by atoms with Crippen molar-refractivity contribution in [3.8, 4) is 0 Å². The van der Waals surface area contributed by atoms with E-state index in [1.54, 1.807) is 24.2 Å². The van der Waals surface area contributed by atoms with E-state index in [0.29, 0.717) is 31.7 Å². The Bertz CT molecular complexity index is 1120. The van der Waals surface area contributed by atoms with Gasteiger partial charge >= 0.3 is 6.18 Å². The monoisotopic (exact) mass is 472 g/mol. The van der Waals surface area contributed by atoms with Crippen molar-refractivity contribution in [3.63, 3.8) is 0 Å². The molecule has 1 aliphatic heterocycles. The number of hydrogen-bond donors (Lipinski definition) is 1. The van der Waals surface area contributed by atoms with Crippen LogP contribution in [-0.2, 0) is 32.4 Å². The van der Waals surface area contributed by atoms with Crippen molar-refractivity contribution >= 4 is 17.7 Å². The van der Waals surface area contributed by atoms with Gasteiger partial charge in [0, 0.05) is 36.9 Å². The van der Waals surface area contributed by atoms with Crippen LogP contribution in [0.25, 0.3) is 0 Å². The van der Waals surface area contributed by atoms with Gasteiger partial charge in [0.15, 0.2) is 0 Å². The summed E-state index contributed by atoms with van der Waals surface area (Å²) in [5.74, 6) is 0.755. The molecule has 9 heteroatoms. The van der Waals surface area contributed by atoms with Gasteiger partial charge in [-0.15, -0.1) is 11.8 Å². The van der Waals surface area contributed by atoms with E-state index < -0.39 is 11.7 Å². The molecule has 0 saturated heterocycles. The second-order valence-corrected chi connectivity index (χ2v) is 9.11. The molecule has 0 unspecified atom stereocenters. The van der Waals surface area contributed by atoms with Crippen molar-refractivity contribution in [2.75, 3.05) is 5.75 Å². The third-order valence-electron chi connectivity index (χ3n) is 5.32. The first-order valence-corrected chi connectivity index (χ1v) is 11.5. The number of carbonyl (C=O) groups excluding carboxylic acids is 1. The summed E-state index contributed by atoms with van der Waals surface area (Å²) in [4.78, 5) is 24.6. The molecule has 4 rings (SSSR count). The first kappa shape index (κ1) is 23.3. The van der Waals surface area contributed by atoms with Crippen LogP contribution in [0, 0.1) is 0 Å². The summed E-state index contributed by atoms with van der Waals surface area (Å²) in [6, 6.07) is 10.9. The van der Waals surface area contributed by atoms with E-state index >= 15 is 0 Å². The van der Waals surface area contributed by atoms with Crippen molar-refractivity contribution in [1.29, 1.82) is 0 Å². The summed E-state index contributed by atoms with van der Waals surface area (Å²) in [5.41, 5.74) is 3.23. The normalized spacial score (nSPS) is 13.7. The molecule has 1 N–H and O–H groups in total. The molecule has 33 heavy (non-hydrogen) atoms.